The minimum Gasteiger partial charge on any atom is -0.493 e. The Morgan fingerprint density at radius 1 is 1.17 bits per heavy atom. The SMILES string of the molecule is CCCOc1ccc(/C=C/C(=O)N2CCN(Cc3cccnc3)CC2)cc1OC. The second kappa shape index (κ2) is 10.6. The molecule has 0 N–H and O–H groups in total. The average molecular weight is 396 g/mol. The van der Waals surface area contributed by atoms with E-state index in [1.54, 1.807) is 19.4 Å². The lowest BCUT2D eigenvalue weighted by atomic mass is 10.1. The summed E-state index contributed by atoms with van der Waals surface area (Å²) in [6.07, 6.45) is 8.09. The number of carbonyl (C=O) groups excluding carboxylic acids is 1. The van der Waals surface area contributed by atoms with E-state index < -0.39 is 0 Å². The molecule has 1 aliphatic rings. The van der Waals surface area contributed by atoms with Crippen LogP contribution < -0.4 is 9.47 Å². The second-order valence-electron chi connectivity index (χ2n) is 7.05. The molecule has 0 radical (unpaired) electrons. The Hall–Kier alpha value is -2.86. The maximum Gasteiger partial charge on any atom is 0.246 e. The van der Waals surface area contributed by atoms with Gasteiger partial charge in [-0.1, -0.05) is 19.1 Å². The quantitative estimate of drug-likeness (QED) is 0.643. The van der Waals surface area contributed by atoms with Crippen molar-refractivity contribution in [3.05, 3.63) is 59.9 Å². The van der Waals surface area contributed by atoms with Gasteiger partial charge in [0.15, 0.2) is 11.5 Å². The van der Waals surface area contributed by atoms with Crippen molar-refractivity contribution in [3.8, 4) is 11.5 Å². The third kappa shape index (κ3) is 6.06. The Balaban J connectivity index is 1.52. The normalized spacial score (nSPS) is 14.9. The van der Waals surface area contributed by atoms with Gasteiger partial charge >= 0.3 is 0 Å². The summed E-state index contributed by atoms with van der Waals surface area (Å²) in [5.74, 6) is 1.44. The first kappa shape index (κ1) is 20.9. The molecule has 1 amide bonds. The van der Waals surface area contributed by atoms with Crippen molar-refractivity contribution in [1.82, 2.24) is 14.8 Å². The van der Waals surface area contributed by atoms with Gasteiger partial charge in [0, 0.05) is 51.2 Å². The zero-order valence-corrected chi connectivity index (χ0v) is 17.2. The van der Waals surface area contributed by atoms with Gasteiger partial charge < -0.3 is 14.4 Å². The van der Waals surface area contributed by atoms with Gasteiger partial charge in [-0.25, -0.2) is 0 Å². The Bertz CT molecular complexity index is 815. The van der Waals surface area contributed by atoms with E-state index in [0.717, 1.165) is 50.5 Å². The molecule has 1 fully saturated rings. The van der Waals surface area contributed by atoms with Crippen LogP contribution in [0.5, 0.6) is 11.5 Å². The number of piperazine rings is 1. The fraction of sp³-hybridized carbons (Fsp3) is 0.391. The van der Waals surface area contributed by atoms with Crippen LogP contribution >= 0.6 is 0 Å². The fourth-order valence-electron chi connectivity index (χ4n) is 3.27. The highest BCUT2D eigenvalue weighted by atomic mass is 16.5. The lowest BCUT2D eigenvalue weighted by Gasteiger charge is -2.34. The van der Waals surface area contributed by atoms with E-state index in [1.807, 2.05) is 41.4 Å². The third-order valence-electron chi connectivity index (χ3n) is 4.88. The van der Waals surface area contributed by atoms with Crippen LogP contribution in [0.15, 0.2) is 48.8 Å². The molecule has 0 atom stereocenters. The van der Waals surface area contributed by atoms with Gasteiger partial charge in [0.2, 0.25) is 5.91 Å². The van der Waals surface area contributed by atoms with Gasteiger partial charge in [-0.2, -0.15) is 0 Å². The minimum absolute atomic E-state index is 0.0382. The molecule has 1 saturated heterocycles. The van der Waals surface area contributed by atoms with E-state index >= 15 is 0 Å². The molecule has 2 aromatic rings. The van der Waals surface area contributed by atoms with Crippen molar-refractivity contribution >= 4 is 12.0 Å². The van der Waals surface area contributed by atoms with Gasteiger partial charge in [-0.15, -0.1) is 0 Å². The maximum atomic E-state index is 12.6. The lowest BCUT2D eigenvalue weighted by Crippen LogP contribution is -2.47. The van der Waals surface area contributed by atoms with Crippen LogP contribution in [0.2, 0.25) is 0 Å². The van der Waals surface area contributed by atoms with E-state index in [0.29, 0.717) is 12.4 Å². The number of hydrogen-bond acceptors (Lipinski definition) is 5. The highest BCUT2D eigenvalue weighted by Crippen LogP contribution is 2.28. The van der Waals surface area contributed by atoms with E-state index in [1.165, 1.54) is 5.56 Å². The number of hydrogen-bond donors (Lipinski definition) is 0. The van der Waals surface area contributed by atoms with Gasteiger partial charge in [-0.05, 0) is 41.8 Å². The molecule has 6 nitrogen and oxygen atoms in total. The molecule has 0 bridgehead atoms. The monoisotopic (exact) mass is 395 g/mol. The fourth-order valence-corrected chi connectivity index (χ4v) is 3.27. The van der Waals surface area contributed by atoms with Crippen LogP contribution in [0, 0.1) is 0 Å². The summed E-state index contributed by atoms with van der Waals surface area (Å²) in [4.78, 5) is 21.0. The predicted octanol–water partition coefficient (Wildman–Crippen LogP) is 3.24. The van der Waals surface area contributed by atoms with Crippen molar-refractivity contribution in [2.45, 2.75) is 19.9 Å². The summed E-state index contributed by atoms with van der Waals surface area (Å²) in [5, 5.41) is 0. The highest BCUT2D eigenvalue weighted by molar-refractivity contribution is 5.92. The molecular formula is C23H29N3O3. The lowest BCUT2D eigenvalue weighted by molar-refractivity contribution is -0.127. The number of amides is 1. The molecule has 0 spiro atoms. The van der Waals surface area contributed by atoms with Gasteiger partial charge in [0.1, 0.15) is 0 Å². The van der Waals surface area contributed by atoms with Gasteiger partial charge in [0.05, 0.1) is 13.7 Å². The minimum atomic E-state index is 0.0382. The molecule has 1 aliphatic heterocycles. The first-order valence-electron chi connectivity index (χ1n) is 10.1. The average Bonchev–Trinajstić information content (AvgIpc) is 2.77. The number of ether oxygens (including phenoxy) is 2. The topological polar surface area (TPSA) is 54.9 Å². The first-order chi connectivity index (χ1) is 14.2. The molecule has 1 aromatic heterocycles. The van der Waals surface area contributed by atoms with Crippen molar-refractivity contribution in [3.63, 3.8) is 0 Å². The number of nitrogens with zero attached hydrogens (tertiary/aromatic N) is 3. The number of rotatable bonds is 8. The number of methoxy groups -OCH3 is 1. The van der Waals surface area contributed by atoms with E-state index in [2.05, 4.69) is 22.9 Å². The summed E-state index contributed by atoms with van der Waals surface area (Å²) in [6.45, 7) is 6.78. The van der Waals surface area contributed by atoms with Gasteiger partial charge in [0.25, 0.3) is 0 Å². The Labute approximate surface area is 172 Å². The number of aromatic nitrogens is 1. The molecular weight excluding hydrogens is 366 g/mol. The number of pyridine rings is 1. The molecule has 1 aromatic carbocycles. The largest absolute Gasteiger partial charge is 0.493 e. The molecule has 2 heterocycles. The van der Waals surface area contributed by atoms with Crippen molar-refractivity contribution in [1.29, 1.82) is 0 Å². The van der Waals surface area contributed by atoms with E-state index in [9.17, 15) is 4.79 Å². The molecule has 0 aliphatic carbocycles. The first-order valence-corrected chi connectivity index (χ1v) is 10.1. The summed E-state index contributed by atoms with van der Waals surface area (Å²) in [7, 11) is 1.62. The summed E-state index contributed by atoms with van der Waals surface area (Å²) in [6, 6.07) is 9.75. The summed E-state index contributed by atoms with van der Waals surface area (Å²) in [5.41, 5.74) is 2.11. The Morgan fingerprint density at radius 3 is 2.69 bits per heavy atom. The van der Waals surface area contributed by atoms with Crippen molar-refractivity contribution in [2.24, 2.45) is 0 Å². The smallest absolute Gasteiger partial charge is 0.246 e. The third-order valence-corrected chi connectivity index (χ3v) is 4.88. The number of benzene rings is 1. The van der Waals surface area contributed by atoms with Crippen LogP contribution in [0.1, 0.15) is 24.5 Å². The molecule has 154 valence electrons. The van der Waals surface area contributed by atoms with Gasteiger partial charge in [-0.3, -0.25) is 14.7 Å². The summed E-state index contributed by atoms with van der Waals surface area (Å²) < 4.78 is 11.1. The second-order valence-corrected chi connectivity index (χ2v) is 7.05. The molecule has 29 heavy (non-hydrogen) atoms. The highest BCUT2D eigenvalue weighted by Gasteiger charge is 2.19. The molecule has 6 heteroatoms. The van der Waals surface area contributed by atoms with Crippen LogP contribution in [0.25, 0.3) is 6.08 Å². The predicted molar refractivity (Wildman–Crippen MR) is 114 cm³/mol. The maximum absolute atomic E-state index is 12.6. The Morgan fingerprint density at radius 2 is 2.00 bits per heavy atom. The van der Waals surface area contributed by atoms with Crippen LogP contribution in [-0.4, -0.2) is 60.6 Å². The van der Waals surface area contributed by atoms with E-state index in [4.69, 9.17) is 9.47 Å². The van der Waals surface area contributed by atoms with E-state index in [-0.39, 0.29) is 5.91 Å². The summed E-state index contributed by atoms with van der Waals surface area (Å²) >= 11 is 0. The zero-order valence-electron chi connectivity index (χ0n) is 17.2. The zero-order chi connectivity index (χ0) is 20.5. The number of carbonyl (C=O) groups is 1. The van der Waals surface area contributed by atoms with Crippen LogP contribution in [-0.2, 0) is 11.3 Å². The molecule has 0 unspecified atom stereocenters. The molecule has 0 saturated carbocycles. The van der Waals surface area contributed by atoms with Crippen LogP contribution in [0.3, 0.4) is 0 Å². The van der Waals surface area contributed by atoms with Crippen molar-refractivity contribution in [2.75, 3.05) is 39.9 Å². The Kier molecular flexibility index (Phi) is 7.64. The van der Waals surface area contributed by atoms with Crippen molar-refractivity contribution < 1.29 is 14.3 Å². The molecule has 3 rings (SSSR count). The standard InChI is InChI=1S/C23H29N3O3/c1-3-15-29-21-8-6-19(16-22(21)28-2)7-9-23(27)26-13-11-25(12-14-26)18-20-5-4-10-24-17-20/h4-10,16-17H,3,11-15,18H2,1-2H3/b9-7+. The van der Waals surface area contributed by atoms with Crippen LogP contribution in [0.4, 0.5) is 0 Å².